The van der Waals surface area contributed by atoms with Crippen LogP contribution in [0.3, 0.4) is 0 Å². The zero-order chi connectivity index (χ0) is 10.9. The zero-order valence-electron chi connectivity index (χ0n) is 9.28. The van der Waals surface area contributed by atoms with E-state index in [9.17, 15) is 0 Å². The predicted octanol–water partition coefficient (Wildman–Crippen LogP) is 2.37. The molecule has 15 heavy (non-hydrogen) atoms. The van der Waals surface area contributed by atoms with Gasteiger partial charge in [0.05, 0.1) is 13.2 Å². The standard InChI is InChI=1S/C13H19NO/c1-3-9-15-11-12(2)14-10-13-7-5-4-6-8-13/h3-8,12,14H,1,9-11H2,2H3/t12-/m0/s1. The van der Waals surface area contributed by atoms with E-state index >= 15 is 0 Å². The van der Waals surface area contributed by atoms with E-state index in [1.54, 1.807) is 6.08 Å². The normalized spacial score (nSPS) is 12.3. The van der Waals surface area contributed by atoms with Crippen molar-refractivity contribution in [2.75, 3.05) is 13.2 Å². The third kappa shape index (κ3) is 5.35. The van der Waals surface area contributed by atoms with Crippen LogP contribution < -0.4 is 5.32 Å². The van der Waals surface area contributed by atoms with Gasteiger partial charge in [0, 0.05) is 12.6 Å². The van der Waals surface area contributed by atoms with E-state index in [1.165, 1.54) is 5.56 Å². The Morgan fingerprint density at radius 1 is 1.40 bits per heavy atom. The maximum atomic E-state index is 5.35. The number of hydrogen-bond acceptors (Lipinski definition) is 2. The molecule has 0 aromatic heterocycles. The second-order valence-corrected chi connectivity index (χ2v) is 3.59. The van der Waals surface area contributed by atoms with Gasteiger partial charge in [-0.3, -0.25) is 0 Å². The van der Waals surface area contributed by atoms with Gasteiger partial charge in [0.2, 0.25) is 0 Å². The van der Waals surface area contributed by atoms with Crippen LogP contribution in [0.25, 0.3) is 0 Å². The van der Waals surface area contributed by atoms with E-state index in [1.807, 2.05) is 6.07 Å². The fourth-order valence-electron chi connectivity index (χ4n) is 1.28. The molecule has 0 bridgehead atoms. The van der Waals surface area contributed by atoms with Gasteiger partial charge >= 0.3 is 0 Å². The van der Waals surface area contributed by atoms with Gasteiger partial charge in [-0.15, -0.1) is 6.58 Å². The van der Waals surface area contributed by atoms with Gasteiger partial charge in [0.25, 0.3) is 0 Å². The maximum absolute atomic E-state index is 5.35. The fourth-order valence-corrected chi connectivity index (χ4v) is 1.28. The molecule has 0 saturated carbocycles. The molecule has 1 N–H and O–H groups in total. The molecule has 0 radical (unpaired) electrons. The molecule has 2 heteroatoms. The Kier molecular flexibility index (Phi) is 5.74. The van der Waals surface area contributed by atoms with Crippen LogP contribution in [-0.2, 0) is 11.3 Å². The molecule has 1 rings (SSSR count). The highest BCUT2D eigenvalue weighted by Crippen LogP contribution is 1.98. The summed E-state index contributed by atoms with van der Waals surface area (Å²) in [5, 5.41) is 3.40. The third-order valence-corrected chi connectivity index (χ3v) is 2.10. The van der Waals surface area contributed by atoms with Crippen LogP contribution >= 0.6 is 0 Å². The molecular weight excluding hydrogens is 186 g/mol. The van der Waals surface area contributed by atoms with E-state index in [4.69, 9.17) is 4.74 Å². The lowest BCUT2D eigenvalue weighted by molar-refractivity contribution is 0.140. The smallest absolute Gasteiger partial charge is 0.0645 e. The molecule has 0 unspecified atom stereocenters. The summed E-state index contributed by atoms with van der Waals surface area (Å²) in [6.45, 7) is 7.95. The second kappa shape index (κ2) is 7.21. The summed E-state index contributed by atoms with van der Waals surface area (Å²) in [5.41, 5.74) is 1.30. The van der Waals surface area contributed by atoms with Crippen molar-refractivity contribution < 1.29 is 4.74 Å². The van der Waals surface area contributed by atoms with Crippen LogP contribution in [0, 0.1) is 0 Å². The average molecular weight is 205 g/mol. The minimum Gasteiger partial charge on any atom is -0.376 e. The van der Waals surface area contributed by atoms with E-state index in [0.29, 0.717) is 12.6 Å². The Morgan fingerprint density at radius 3 is 2.80 bits per heavy atom. The summed E-state index contributed by atoms with van der Waals surface area (Å²) in [6.07, 6.45) is 1.77. The van der Waals surface area contributed by atoms with Crippen LogP contribution in [-0.4, -0.2) is 19.3 Å². The van der Waals surface area contributed by atoms with Gasteiger partial charge < -0.3 is 10.1 Å². The van der Waals surface area contributed by atoms with Crippen molar-refractivity contribution in [3.05, 3.63) is 48.6 Å². The van der Waals surface area contributed by atoms with Crippen LogP contribution in [0.15, 0.2) is 43.0 Å². The van der Waals surface area contributed by atoms with Crippen molar-refractivity contribution in [1.82, 2.24) is 5.32 Å². The summed E-state index contributed by atoms with van der Waals surface area (Å²) in [5.74, 6) is 0. The molecule has 0 spiro atoms. The monoisotopic (exact) mass is 205 g/mol. The highest BCUT2D eigenvalue weighted by atomic mass is 16.5. The first-order chi connectivity index (χ1) is 7.33. The summed E-state index contributed by atoms with van der Waals surface area (Å²) >= 11 is 0. The number of rotatable bonds is 7. The molecule has 1 atom stereocenters. The van der Waals surface area contributed by atoms with E-state index in [-0.39, 0.29) is 0 Å². The molecule has 0 amide bonds. The fraction of sp³-hybridized carbons (Fsp3) is 0.385. The molecule has 0 saturated heterocycles. The molecule has 1 aromatic carbocycles. The van der Waals surface area contributed by atoms with Gasteiger partial charge in [-0.05, 0) is 12.5 Å². The summed E-state index contributed by atoms with van der Waals surface area (Å²) in [6, 6.07) is 10.7. The first-order valence-electron chi connectivity index (χ1n) is 5.29. The highest BCUT2D eigenvalue weighted by molar-refractivity contribution is 5.14. The minimum atomic E-state index is 0.366. The number of nitrogens with one attached hydrogen (secondary N) is 1. The number of ether oxygens (including phenoxy) is 1. The Morgan fingerprint density at radius 2 is 2.13 bits per heavy atom. The van der Waals surface area contributed by atoms with Gasteiger partial charge in [0.15, 0.2) is 0 Å². The Bertz CT molecular complexity index is 271. The van der Waals surface area contributed by atoms with Gasteiger partial charge in [-0.1, -0.05) is 36.4 Å². The lowest BCUT2D eigenvalue weighted by Crippen LogP contribution is -2.30. The van der Waals surface area contributed by atoms with Crippen molar-refractivity contribution in [3.8, 4) is 0 Å². The average Bonchev–Trinajstić information content (AvgIpc) is 2.28. The molecule has 2 nitrogen and oxygen atoms in total. The van der Waals surface area contributed by atoms with E-state index < -0.39 is 0 Å². The van der Waals surface area contributed by atoms with Gasteiger partial charge in [-0.2, -0.15) is 0 Å². The van der Waals surface area contributed by atoms with Crippen molar-refractivity contribution in [3.63, 3.8) is 0 Å². The first-order valence-corrected chi connectivity index (χ1v) is 5.29. The SMILES string of the molecule is C=CCOC[C@H](C)NCc1ccccc1. The second-order valence-electron chi connectivity index (χ2n) is 3.59. The zero-order valence-corrected chi connectivity index (χ0v) is 9.28. The topological polar surface area (TPSA) is 21.3 Å². The number of hydrogen-bond donors (Lipinski definition) is 1. The van der Waals surface area contributed by atoms with Crippen molar-refractivity contribution in [2.45, 2.75) is 19.5 Å². The molecule has 82 valence electrons. The van der Waals surface area contributed by atoms with Crippen LogP contribution in [0.1, 0.15) is 12.5 Å². The van der Waals surface area contributed by atoms with Crippen molar-refractivity contribution >= 4 is 0 Å². The van der Waals surface area contributed by atoms with Crippen LogP contribution in [0.5, 0.6) is 0 Å². The molecule has 0 aliphatic rings. The molecular formula is C13H19NO. The predicted molar refractivity (Wildman–Crippen MR) is 63.8 cm³/mol. The third-order valence-electron chi connectivity index (χ3n) is 2.10. The van der Waals surface area contributed by atoms with Crippen molar-refractivity contribution in [2.24, 2.45) is 0 Å². The molecule has 0 aliphatic heterocycles. The summed E-state index contributed by atoms with van der Waals surface area (Å²) < 4.78 is 5.35. The number of benzene rings is 1. The molecule has 1 aromatic rings. The largest absolute Gasteiger partial charge is 0.376 e. The van der Waals surface area contributed by atoms with E-state index in [0.717, 1.165) is 13.2 Å². The lowest BCUT2D eigenvalue weighted by atomic mass is 10.2. The Hall–Kier alpha value is -1.12. The first kappa shape index (κ1) is 12.0. The van der Waals surface area contributed by atoms with Gasteiger partial charge in [-0.25, -0.2) is 0 Å². The summed E-state index contributed by atoms with van der Waals surface area (Å²) in [4.78, 5) is 0. The van der Waals surface area contributed by atoms with Gasteiger partial charge in [0.1, 0.15) is 0 Å². The molecule has 0 heterocycles. The molecule has 0 fully saturated rings. The highest BCUT2D eigenvalue weighted by Gasteiger charge is 2.00. The maximum Gasteiger partial charge on any atom is 0.0645 e. The minimum absolute atomic E-state index is 0.366. The Balaban J connectivity index is 2.16. The Labute approximate surface area is 92.0 Å². The van der Waals surface area contributed by atoms with E-state index in [2.05, 4.69) is 43.1 Å². The summed E-state index contributed by atoms with van der Waals surface area (Å²) in [7, 11) is 0. The lowest BCUT2D eigenvalue weighted by Gasteiger charge is -2.13. The van der Waals surface area contributed by atoms with Crippen LogP contribution in [0.4, 0.5) is 0 Å². The van der Waals surface area contributed by atoms with Crippen molar-refractivity contribution in [1.29, 1.82) is 0 Å². The molecule has 0 aliphatic carbocycles. The quantitative estimate of drug-likeness (QED) is 0.545. The van der Waals surface area contributed by atoms with Crippen LogP contribution in [0.2, 0.25) is 0 Å².